The number of rotatable bonds is 11. The number of methoxy groups -OCH3 is 1. The molecule has 8 nitrogen and oxygen atoms in total. The first-order chi connectivity index (χ1) is 15.4. The monoisotopic (exact) mass is 442 g/mol. The highest BCUT2D eigenvalue weighted by Gasteiger charge is 2.26. The normalized spacial score (nSPS) is 12.5. The fourth-order valence-corrected chi connectivity index (χ4v) is 3.05. The Morgan fingerprint density at radius 3 is 2.16 bits per heavy atom. The van der Waals surface area contributed by atoms with Crippen LogP contribution in [0.2, 0.25) is 0 Å². The molecule has 2 atom stereocenters. The van der Waals surface area contributed by atoms with Gasteiger partial charge in [0.1, 0.15) is 6.61 Å². The number of hydroxylamine groups is 1. The molecular weight excluding hydrogens is 412 g/mol. The first-order valence-corrected chi connectivity index (χ1v) is 10.4. The number of carbonyl (C=O) groups excluding carboxylic acids is 3. The predicted molar refractivity (Wildman–Crippen MR) is 118 cm³/mol. The highest BCUT2D eigenvalue weighted by Crippen LogP contribution is 2.16. The Balaban J connectivity index is 1.91. The van der Waals surface area contributed by atoms with Gasteiger partial charge in [0.05, 0.1) is 19.6 Å². The van der Waals surface area contributed by atoms with Crippen LogP contribution in [0.1, 0.15) is 43.9 Å². The third-order valence-corrected chi connectivity index (χ3v) is 4.54. The van der Waals surface area contributed by atoms with Gasteiger partial charge in [0.2, 0.25) is 5.91 Å². The van der Waals surface area contributed by atoms with Gasteiger partial charge >= 0.3 is 12.1 Å². The van der Waals surface area contributed by atoms with Gasteiger partial charge in [-0.15, -0.1) is 0 Å². The summed E-state index contributed by atoms with van der Waals surface area (Å²) in [5.41, 5.74) is 3.70. The zero-order valence-corrected chi connectivity index (χ0v) is 18.6. The maximum Gasteiger partial charge on any atom is 0.431 e. The van der Waals surface area contributed by atoms with Gasteiger partial charge in [-0.2, -0.15) is 5.48 Å². The molecule has 172 valence electrons. The van der Waals surface area contributed by atoms with Crippen molar-refractivity contribution in [1.82, 2.24) is 10.8 Å². The van der Waals surface area contributed by atoms with Crippen LogP contribution in [-0.2, 0) is 30.5 Å². The standard InChI is InChI=1S/C24H30N2O6/c1-17(2)14-20(32-26-24(29)31-16-18-10-6-4-7-11-18)15-21(27)25-22(23(28)30-3)19-12-8-5-9-13-19/h4-13,17,20,22H,14-16H2,1-3H3,(H,25,27)(H,26,29)/t20-,22+/m1/s1. The molecule has 2 aromatic carbocycles. The lowest BCUT2D eigenvalue weighted by Gasteiger charge is -2.21. The minimum Gasteiger partial charge on any atom is -0.467 e. The van der Waals surface area contributed by atoms with E-state index in [1.165, 1.54) is 7.11 Å². The van der Waals surface area contributed by atoms with Crippen LogP contribution >= 0.6 is 0 Å². The van der Waals surface area contributed by atoms with E-state index in [0.717, 1.165) is 5.56 Å². The second-order valence-electron chi connectivity index (χ2n) is 7.67. The van der Waals surface area contributed by atoms with Gasteiger partial charge < -0.3 is 14.8 Å². The largest absolute Gasteiger partial charge is 0.467 e. The van der Waals surface area contributed by atoms with E-state index >= 15 is 0 Å². The van der Waals surface area contributed by atoms with E-state index in [1.807, 2.05) is 50.2 Å². The molecule has 0 aliphatic heterocycles. The Labute approximate surface area is 188 Å². The fourth-order valence-electron chi connectivity index (χ4n) is 3.05. The minimum absolute atomic E-state index is 0.0581. The highest BCUT2D eigenvalue weighted by atomic mass is 16.7. The van der Waals surface area contributed by atoms with Gasteiger partial charge in [0.15, 0.2) is 6.04 Å². The average Bonchev–Trinajstić information content (AvgIpc) is 2.80. The van der Waals surface area contributed by atoms with E-state index in [1.54, 1.807) is 24.3 Å². The Morgan fingerprint density at radius 2 is 1.56 bits per heavy atom. The van der Waals surface area contributed by atoms with Gasteiger partial charge in [0, 0.05) is 0 Å². The lowest BCUT2D eigenvalue weighted by atomic mass is 10.0. The molecule has 8 heteroatoms. The molecule has 0 aromatic heterocycles. The molecule has 2 rings (SSSR count). The first-order valence-electron chi connectivity index (χ1n) is 10.4. The predicted octanol–water partition coefficient (Wildman–Crippen LogP) is 3.68. The van der Waals surface area contributed by atoms with E-state index in [4.69, 9.17) is 14.3 Å². The summed E-state index contributed by atoms with van der Waals surface area (Å²) in [6.07, 6.45) is -0.897. The summed E-state index contributed by atoms with van der Waals surface area (Å²) in [6, 6.07) is 17.1. The van der Waals surface area contributed by atoms with Crippen LogP contribution in [0.15, 0.2) is 60.7 Å². The zero-order valence-electron chi connectivity index (χ0n) is 18.6. The Bertz CT molecular complexity index is 857. The third-order valence-electron chi connectivity index (χ3n) is 4.54. The van der Waals surface area contributed by atoms with Crippen molar-refractivity contribution in [2.75, 3.05) is 7.11 Å². The lowest BCUT2D eigenvalue weighted by Crippen LogP contribution is -2.38. The lowest BCUT2D eigenvalue weighted by molar-refractivity contribution is -0.146. The number of hydrogen-bond donors (Lipinski definition) is 2. The maximum atomic E-state index is 12.7. The smallest absolute Gasteiger partial charge is 0.431 e. The second-order valence-corrected chi connectivity index (χ2v) is 7.67. The molecule has 0 spiro atoms. The van der Waals surface area contributed by atoms with Crippen molar-refractivity contribution in [2.24, 2.45) is 5.92 Å². The van der Waals surface area contributed by atoms with Gasteiger partial charge in [-0.1, -0.05) is 74.5 Å². The molecule has 0 heterocycles. The summed E-state index contributed by atoms with van der Waals surface area (Å²) in [6.45, 7) is 4.05. The molecule has 0 radical (unpaired) electrons. The number of amides is 2. The van der Waals surface area contributed by atoms with Crippen molar-refractivity contribution in [3.05, 3.63) is 71.8 Å². The molecule has 0 saturated heterocycles. The third kappa shape index (κ3) is 8.77. The topological polar surface area (TPSA) is 103 Å². The van der Waals surface area contributed by atoms with Crippen LogP contribution in [0.3, 0.4) is 0 Å². The molecule has 32 heavy (non-hydrogen) atoms. The summed E-state index contributed by atoms with van der Waals surface area (Å²) < 4.78 is 9.94. The van der Waals surface area contributed by atoms with Crippen molar-refractivity contribution < 1.29 is 28.7 Å². The molecule has 0 aliphatic carbocycles. The second kappa shape index (κ2) is 13.1. The van der Waals surface area contributed by atoms with Crippen LogP contribution in [0.25, 0.3) is 0 Å². The fraction of sp³-hybridized carbons (Fsp3) is 0.375. The van der Waals surface area contributed by atoms with Crippen LogP contribution in [0.5, 0.6) is 0 Å². The molecule has 0 saturated carbocycles. The quantitative estimate of drug-likeness (QED) is 0.407. The molecule has 0 bridgehead atoms. The van der Waals surface area contributed by atoms with Gasteiger partial charge in [0.25, 0.3) is 0 Å². The van der Waals surface area contributed by atoms with Crippen molar-refractivity contribution in [1.29, 1.82) is 0 Å². The molecule has 0 fully saturated rings. The Morgan fingerprint density at radius 1 is 0.938 bits per heavy atom. The summed E-state index contributed by atoms with van der Waals surface area (Å²) in [5.74, 6) is -0.775. The number of hydrogen-bond acceptors (Lipinski definition) is 6. The zero-order chi connectivity index (χ0) is 23.3. The number of esters is 1. The van der Waals surface area contributed by atoms with Crippen molar-refractivity contribution in [2.45, 2.75) is 45.4 Å². The molecular formula is C24H30N2O6. The number of benzene rings is 2. The van der Waals surface area contributed by atoms with Crippen molar-refractivity contribution >= 4 is 18.0 Å². The first kappa shape index (κ1) is 24.9. The highest BCUT2D eigenvalue weighted by molar-refractivity contribution is 5.85. The van der Waals surface area contributed by atoms with Gasteiger partial charge in [-0.05, 0) is 23.5 Å². The van der Waals surface area contributed by atoms with Gasteiger partial charge in [-0.25, -0.2) is 9.59 Å². The van der Waals surface area contributed by atoms with E-state index in [9.17, 15) is 14.4 Å². The average molecular weight is 443 g/mol. The van der Waals surface area contributed by atoms with Crippen LogP contribution in [0.4, 0.5) is 4.79 Å². The summed E-state index contributed by atoms with van der Waals surface area (Å²) >= 11 is 0. The summed E-state index contributed by atoms with van der Waals surface area (Å²) in [4.78, 5) is 42.2. The van der Waals surface area contributed by atoms with Crippen molar-refractivity contribution in [3.63, 3.8) is 0 Å². The van der Waals surface area contributed by atoms with E-state index < -0.39 is 30.1 Å². The molecule has 2 aromatic rings. The van der Waals surface area contributed by atoms with E-state index in [-0.39, 0.29) is 18.9 Å². The van der Waals surface area contributed by atoms with Crippen molar-refractivity contribution in [3.8, 4) is 0 Å². The molecule has 2 amide bonds. The molecule has 2 N–H and O–H groups in total. The summed E-state index contributed by atoms with van der Waals surface area (Å²) in [7, 11) is 1.26. The van der Waals surface area contributed by atoms with E-state index in [0.29, 0.717) is 12.0 Å². The maximum absolute atomic E-state index is 12.7. The molecule has 0 aliphatic rings. The van der Waals surface area contributed by atoms with E-state index in [2.05, 4.69) is 10.8 Å². The Hall–Kier alpha value is -3.39. The SMILES string of the molecule is COC(=O)[C@@H](NC(=O)C[C@@H](CC(C)C)ONC(=O)OCc1ccccc1)c1ccccc1. The minimum atomic E-state index is -0.933. The Kier molecular flexibility index (Phi) is 10.2. The molecule has 0 unspecified atom stereocenters. The summed E-state index contributed by atoms with van der Waals surface area (Å²) in [5, 5.41) is 2.68. The number of nitrogens with one attached hydrogen (secondary N) is 2. The van der Waals surface area contributed by atoms with Gasteiger partial charge in [-0.3, -0.25) is 9.63 Å². The van der Waals surface area contributed by atoms with Crippen LogP contribution in [0, 0.1) is 5.92 Å². The van der Waals surface area contributed by atoms with Crippen LogP contribution in [-0.4, -0.2) is 31.2 Å². The van der Waals surface area contributed by atoms with Crippen LogP contribution < -0.4 is 10.8 Å². The number of carbonyl (C=O) groups is 3. The number of ether oxygens (including phenoxy) is 2.